The topological polar surface area (TPSA) is 88.9 Å². The van der Waals surface area contributed by atoms with Crippen LogP contribution in [-0.4, -0.2) is 41.8 Å². The molecular formula is C16H23N5O2S. The molecule has 2 aromatic rings. The van der Waals surface area contributed by atoms with Crippen molar-refractivity contribution in [3.8, 4) is 5.82 Å². The normalized spacial score (nSPS) is 21.5. The van der Waals surface area contributed by atoms with Gasteiger partial charge in [-0.05, 0) is 30.9 Å². The van der Waals surface area contributed by atoms with Crippen molar-refractivity contribution in [3.05, 3.63) is 36.9 Å². The summed E-state index contributed by atoms with van der Waals surface area (Å²) in [5.41, 5.74) is 0. The zero-order valence-electron chi connectivity index (χ0n) is 13.7. The smallest absolute Gasteiger partial charge is 0.208 e. The zero-order chi connectivity index (χ0) is 17.0. The van der Waals surface area contributed by atoms with Gasteiger partial charge in [-0.3, -0.25) is 0 Å². The Morgan fingerprint density at radius 3 is 2.58 bits per heavy atom. The van der Waals surface area contributed by atoms with Crippen molar-refractivity contribution in [2.24, 2.45) is 5.92 Å². The van der Waals surface area contributed by atoms with Crippen molar-refractivity contribution in [3.63, 3.8) is 0 Å². The molecule has 2 aromatic heterocycles. The van der Waals surface area contributed by atoms with Crippen molar-refractivity contribution in [2.75, 3.05) is 18.1 Å². The third-order valence-corrected chi connectivity index (χ3v) is 5.06. The summed E-state index contributed by atoms with van der Waals surface area (Å²) in [6.45, 7) is 0.685. The molecule has 0 bridgehead atoms. The number of sulfonamides is 1. The molecule has 3 rings (SSSR count). The van der Waals surface area contributed by atoms with E-state index in [2.05, 4.69) is 20.0 Å². The second kappa shape index (κ2) is 7.31. The fraction of sp³-hybridized carbons (Fsp3) is 0.500. The monoisotopic (exact) mass is 349 g/mol. The second-order valence-corrected chi connectivity index (χ2v) is 8.05. The first-order chi connectivity index (χ1) is 11.5. The summed E-state index contributed by atoms with van der Waals surface area (Å²) < 4.78 is 27.7. The maximum Gasteiger partial charge on any atom is 0.208 e. The first-order valence-electron chi connectivity index (χ1n) is 8.18. The van der Waals surface area contributed by atoms with Crippen LogP contribution in [0.5, 0.6) is 0 Å². The molecule has 0 amide bonds. The number of nitrogens with one attached hydrogen (secondary N) is 2. The molecule has 2 unspecified atom stereocenters. The molecule has 8 heteroatoms. The Balaban J connectivity index is 1.59. The number of anilines is 1. The maximum atomic E-state index is 11.5. The Hall–Kier alpha value is -1.93. The van der Waals surface area contributed by atoms with Crippen molar-refractivity contribution >= 4 is 15.8 Å². The van der Waals surface area contributed by atoms with Gasteiger partial charge in [0.05, 0.1) is 18.6 Å². The highest BCUT2D eigenvalue weighted by atomic mass is 32.2. The van der Waals surface area contributed by atoms with Crippen LogP contribution in [0.3, 0.4) is 0 Å². The van der Waals surface area contributed by atoms with Gasteiger partial charge in [-0.1, -0.05) is 12.8 Å². The van der Waals surface area contributed by atoms with Gasteiger partial charge in [0.25, 0.3) is 0 Å². The van der Waals surface area contributed by atoms with E-state index < -0.39 is 10.0 Å². The minimum Gasteiger partial charge on any atom is -0.368 e. The van der Waals surface area contributed by atoms with E-state index in [-0.39, 0.29) is 12.0 Å². The summed E-state index contributed by atoms with van der Waals surface area (Å²) in [5.74, 6) is 1.73. The fourth-order valence-electron chi connectivity index (χ4n) is 3.15. The number of hydrogen-bond acceptors (Lipinski definition) is 5. The third kappa shape index (κ3) is 4.55. The van der Waals surface area contributed by atoms with Crippen LogP contribution in [0.1, 0.15) is 25.7 Å². The van der Waals surface area contributed by atoms with E-state index in [1.54, 1.807) is 12.4 Å². The van der Waals surface area contributed by atoms with Gasteiger partial charge >= 0.3 is 0 Å². The Kier molecular flexibility index (Phi) is 5.15. The molecule has 1 aliphatic carbocycles. The van der Waals surface area contributed by atoms with Gasteiger partial charge < -0.3 is 9.88 Å². The molecule has 130 valence electrons. The van der Waals surface area contributed by atoms with Gasteiger partial charge in [0.2, 0.25) is 10.0 Å². The van der Waals surface area contributed by atoms with Gasteiger partial charge in [-0.25, -0.2) is 23.1 Å². The SMILES string of the molecule is CS(=O)(=O)NC1CCCCC1CNc1cnc(-n2cccc2)cn1. The van der Waals surface area contributed by atoms with E-state index in [4.69, 9.17) is 0 Å². The van der Waals surface area contributed by atoms with Gasteiger partial charge in [0.15, 0.2) is 5.82 Å². The number of aromatic nitrogens is 3. The minimum absolute atomic E-state index is 0.00615. The van der Waals surface area contributed by atoms with Crippen LogP contribution in [0.4, 0.5) is 5.82 Å². The molecule has 2 heterocycles. The molecule has 1 saturated carbocycles. The lowest BCUT2D eigenvalue weighted by molar-refractivity contribution is 0.302. The van der Waals surface area contributed by atoms with Crippen LogP contribution in [0, 0.1) is 5.92 Å². The first kappa shape index (κ1) is 16.9. The van der Waals surface area contributed by atoms with E-state index >= 15 is 0 Å². The first-order valence-corrected chi connectivity index (χ1v) is 10.1. The lowest BCUT2D eigenvalue weighted by Gasteiger charge is -2.31. The van der Waals surface area contributed by atoms with Gasteiger partial charge in [-0.2, -0.15) is 0 Å². The van der Waals surface area contributed by atoms with Crippen molar-refractivity contribution in [1.82, 2.24) is 19.3 Å². The molecular weight excluding hydrogens is 326 g/mol. The highest BCUT2D eigenvalue weighted by molar-refractivity contribution is 7.88. The molecule has 0 aliphatic heterocycles. The number of rotatable bonds is 6. The molecule has 1 fully saturated rings. The fourth-order valence-corrected chi connectivity index (χ4v) is 4.01. The summed E-state index contributed by atoms with van der Waals surface area (Å²) in [7, 11) is -3.18. The van der Waals surface area contributed by atoms with Crippen LogP contribution in [0.2, 0.25) is 0 Å². The van der Waals surface area contributed by atoms with Crippen LogP contribution in [0.15, 0.2) is 36.9 Å². The molecule has 0 saturated heterocycles. The van der Waals surface area contributed by atoms with Crippen LogP contribution in [-0.2, 0) is 10.0 Å². The van der Waals surface area contributed by atoms with E-state index in [0.29, 0.717) is 12.4 Å². The third-order valence-electron chi connectivity index (χ3n) is 4.33. The summed E-state index contributed by atoms with van der Waals surface area (Å²) in [6, 6.07) is 3.87. The predicted octanol–water partition coefficient (Wildman–Crippen LogP) is 1.79. The molecule has 0 spiro atoms. The highest BCUT2D eigenvalue weighted by Gasteiger charge is 2.27. The molecule has 1 aliphatic rings. The average Bonchev–Trinajstić information content (AvgIpc) is 3.07. The van der Waals surface area contributed by atoms with Crippen LogP contribution >= 0.6 is 0 Å². The summed E-state index contributed by atoms with van der Waals surface area (Å²) >= 11 is 0. The van der Waals surface area contributed by atoms with Crippen molar-refractivity contribution in [1.29, 1.82) is 0 Å². The van der Waals surface area contributed by atoms with Crippen LogP contribution in [0.25, 0.3) is 5.82 Å². The van der Waals surface area contributed by atoms with Gasteiger partial charge in [0, 0.05) is 25.0 Å². The average molecular weight is 349 g/mol. The predicted molar refractivity (Wildman–Crippen MR) is 93.6 cm³/mol. The Morgan fingerprint density at radius 1 is 1.17 bits per heavy atom. The van der Waals surface area contributed by atoms with Gasteiger partial charge in [-0.15, -0.1) is 0 Å². The molecule has 0 radical (unpaired) electrons. The maximum absolute atomic E-state index is 11.5. The summed E-state index contributed by atoms with van der Waals surface area (Å²) in [6.07, 6.45) is 12.6. The quantitative estimate of drug-likeness (QED) is 0.830. The number of nitrogens with zero attached hydrogens (tertiary/aromatic N) is 3. The van der Waals surface area contributed by atoms with Crippen LogP contribution < -0.4 is 10.0 Å². The lowest BCUT2D eigenvalue weighted by Crippen LogP contribution is -2.44. The second-order valence-electron chi connectivity index (χ2n) is 6.27. The van der Waals surface area contributed by atoms with E-state index in [0.717, 1.165) is 31.5 Å². The summed E-state index contributed by atoms with van der Waals surface area (Å²) in [5, 5.41) is 3.28. The standard InChI is InChI=1S/C16H23N5O2S/c1-24(22,23)20-14-7-3-2-6-13(14)10-17-15-11-19-16(12-18-15)21-8-4-5-9-21/h4-5,8-9,11-14,20H,2-3,6-7,10H2,1H3,(H,17,18). The van der Waals surface area contributed by atoms with Crippen molar-refractivity contribution in [2.45, 2.75) is 31.7 Å². The molecule has 0 aromatic carbocycles. The molecule has 2 N–H and O–H groups in total. The summed E-state index contributed by atoms with van der Waals surface area (Å²) in [4.78, 5) is 8.78. The van der Waals surface area contributed by atoms with E-state index in [1.807, 2.05) is 29.1 Å². The lowest BCUT2D eigenvalue weighted by atomic mass is 9.85. The van der Waals surface area contributed by atoms with E-state index in [9.17, 15) is 8.42 Å². The molecule has 2 atom stereocenters. The Bertz CT molecular complexity index is 743. The Morgan fingerprint density at radius 2 is 1.92 bits per heavy atom. The zero-order valence-corrected chi connectivity index (χ0v) is 14.5. The van der Waals surface area contributed by atoms with Crippen molar-refractivity contribution < 1.29 is 8.42 Å². The minimum atomic E-state index is -3.18. The highest BCUT2D eigenvalue weighted by Crippen LogP contribution is 2.25. The van der Waals surface area contributed by atoms with Gasteiger partial charge in [0.1, 0.15) is 5.82 Å². The molecule has 7 nitrogen and oxygen atoms in total. The Labute approximate surface area is 142 Å². The number of hydrogen-bond donors (Lipinski definition) is 2. The van der Waals surface area contributed by atoms with E-state index in [1.165, 1.54) is 6.26 Å². The molecule has 24 heavy (non-hydrogen) atoms. The largest absolute Gasteiger partial charge is 0.368 e.